The number of aromatic nitrogens is 5. The van der Waals surface area contributed by atoms with Crippen LogP contribution in [0.15, 0.2) is 35.2 Å². The zero-order valence-electron chi connectivity index (χ0n) is 16.7. The fourth-order valence-corrected chi connectivity index (χ4v) is 3.40. The van der Waals surface area contributed by atoms with Gasteiger partial charge in [-0.3, -0.25) is 4.90 Å². The van der Waals surface area contributed by atoms with Crippen LogP contribution in [0.5, 0.6) is 0 Å². The summed E-state index contributed by atoms with van der Waals surface area (Å²) in [6, 6.07) is 4.05. The van der Waals surface area contributed by atoms with Crippen molar-refractivity contribution in [1.29, 1.82) is 0 Å². The topological polar surface area (TPSA) is 76.1 Å². The van der Waals surface area contributed by atoms with Gasteiger partial charge in [-0.25, -0.2) is 9.97 Å². The third kappa shape index (κ3) is 4.22. The lowest BCUT2D eigenvalue weighted by atomic mass is 10.1. The number of rotatable bonds is 6. The van der Waals surface area contributed by atoms with Crippen LogP contribution in [0.2, 0.25) is 0 Å². The van der Waals surface area contributed by atoms with E-state index in [2.05, 4.69) is 48.3 Å². The molecule has 4 heterocycles. The number of piperazine rings is 1. The summed E-state index contributed by atoms with van der Waals surface area (Å²) in [5.74, 6) is 3.88. The van der Waals surface area contributed by atoms with E-state index in [0.29, 0.717) is 11.8 Å². The highest BCUT2D eigenvalue weighted by Gasteiger charge is 2.19. The van der Waals surface area contributed by atoms with Gasteiger partial charge in [-0.2, -0.15) is 4.98 Å². The van der Waals surface area contributed by atoms with Crippen molar-refractivity contribution >= 4 is 5.82 Å². The number of pyridine rings is 1. The van der Waals surface area contributed by atoms with E-state index in [1.165, 1.54) is 0 Å². The first-order valence-corrected chi connectivity index (χ1v) is 9.81. The molecule has 1 aliphatic rings. The lowest BCUT2D eigenvalue weighted by Crippen LogP contribution is -2.46. The highest BCUT2D eigenvalue weighted by Crippen LogP contribution is 2.21. The Morgan fingerprint density at radius 1 is 1.11 bits per heavy atom. The minimum Gasteiger partial charge on any atom is -0.354 e. The molecule has 0 spiro atoms. The van der Waals surface area contributed by atoms with Crippen LogP contribution in [-0.2, 0) is 20.0 Å². The molecule has 3 aromatic rings. The van der Waals surface area contributed by atoms with Gasteiger partial charge in [0.15, 0.2) is 5.82 Å². The molecule has 1 saturated heterocycles. The van der Waals surface area contributed by atoms with Gasteiger partial charge in [0, 0.05) is 58.2 Å². The van der Waals surface area contributed by atoms with E-state index in [0.717, 1.165) is 62.2 Å². The number of hydrogen-bond acceptors (Lipinski definition) is 7. The molecular formula is C20H27N7O. The first-order valence-electron chi connectivity index (χ1n) is 9.81. The molecule has 0 radical (unpaired) electrons. The van der Waals surface area contributed by atoms with E-state index in [1.807, 2.05) is 37.8 Å². The molecule has 8 heteroatoms. The number of aryl methyl sites for hydroxylation is 1. The Hall–Kier alpha value is -2.74. The first kappa shape index (κ1) is 18.6. The molecule has 3 aromatic heterocycles. The molecule has 1 fully saturated rings. The Balaban J connectivity index is 1.34. The highest BCUT2D eigenvalue weighted by molar-refractivity contribution is 5.54. The molecule has 28 heavy (non-hydrogen) atoms. The molecule has 0 bridgehead atoms. The molecule has 0 aromatic carbocycles. The Kier molecular flexibility index (Phi) is 5.38. The van der Waals surface area contributed by atoms with Crippen molar-refractivity contribution in [3.05, 3.63) is 42.4 Å². The highest BCUT2D eigenvalue weighted by atomic mass is 16.5. The van der Waals surface area contributed by atoms with Gasteiger partial charge in [0.2, 0.25) is 0 Å². The Morgan fingerprint density at radius 3 is 2.57 bits per heavy atom. The fraction of sp³-hybridized carbons (Fsp3) is 0.500. The van der Waals surface area contributed by atoms with E-state index >= 15 is 0 Å². The van der Waals surface area contributed by atoms with Crippen molar-refractivity contribution in [3.8, 4) is 11.5 Å². The smallest absolute Gasteiger partial charge is 0.259 e. The Morgan fingerprint density at radius 2 is 1.93 bits per heavy atom. The summed E-state index contributed by atoms with van der Waals surface area (Å²) in [5, 5.41) is 4.05. The largest absolute Gasteiger partial charge is 0.354 e. The van der Waals surface area contributed by atoms with Crippen molar-refractivity contribution in [2.75, 3.05) is 31.1 Å². The normalized spacial score (nSPS) is 15.5. The molecule has 0 atom stereocenters. The van der Waals surface area contributed by atoms with E-state index in [9.17, 15) is 0 Å². The molecule has 0 unspecified atom stereocenters. The lowest BCUT2D eigenvalue weighted by Gasteiger charge is -2.35. The van der Waals surface area contributed by atoms with Gasteiger partial charge in [0.25, 0.3) is 5.89 Å². The van der Waals surface area contributed by atoms with Crippen molar-refractivity contribution in [2.45, 2.75) is 26.8 Å². The van der Waals surface area contributed by atoms with Crippen LogP contribution in [-0.4, -0.2) is 55.8 Å². The van der Waals surface area contributed by atoms with Crippen LogP contribution in [0.1, 0.15) is 25.5 Å². The maximum atomic E-state index is 5.38. The average Bonchev–Trinajstić information content (AvgIpc) is 3.31. The van der Waals surface area contributed by atoms with Gasteiger partial charge in [0.05, 0.1) is 12.1 Å². The molecular weight excluding hydrogens is 354 g/mol. The van der Waals surface area contributed by atoms with Crippen LogP contribution in [0.25, 0.3) is 11.5 Å². The summed E-state index contributed by atoms with van der Waals surface area (Å²) in [6.45, 7) is 9.08. The minimum atomic E-state index is 0.502. The summed E-state index contributed by atoms with van der Waals surface area (Å²) < 4.78 is 7.46. The van der Waals surface area contributed by atoms with Crippen molar-refractivity contribution in [2.24, 2.45) is 13.0 Å². The van der Waals surface area contributed by atoms with Crippen molar-refractivity contribution < 1.29 is 4.52 Å². The van der Waals surface area contributed by atoms with E-state index in [1.54, 1.807) is 0 Å². The van der Waals surface area contributed by atoms with Crippen LogP contribution >= 0.6 is 0 Å². The predicted octanol–water partition coefficient (Wildman–Crippen LogP) is 2.39. The molecule has 0 N–H and O–H groups in total. The third-order valence-corrected chi connectivity index (χ3v) is 5.04. The molecule has 4 rings (SSSR count). The summed E-state index contributed by atoms with van der Waals surface area (Å²) in [6.07, 6.45) is 6.48. The maximum absolute atomic E-state index is 5.38. The first-order chi connectivity index (χ1) is 13.6. The molecule has 0 amide bonds. The van der Waals surface area contributed by atoms with E-state index in [4.69, 9.17) is 4.52 Å². The third-order valence-electron chi connectivity index (χ3n) is 5.04. The van der Waals surface area contributed by atoms with Crippen molar-refractivity contribution in [1.82, 2.24) is 29.6 Å². The Labute approximate surface area is 165 Å². The molecule has 0 saturated carbocycles. The molecule has 148 valence electrons. The maximum Gasteiger partial charge on any atom is 0.259 e. The van der Waals surface area contributed by atoms with Gasteiger partial charge in [-0.05, 0) is 18.1 Å². The van der Waals surface area contributed by atoms with E-state index in [-0.39, 0.29) is 0 Å². The van der Waals surface area contributed by atoms with Crippen LogP contribution in [0.4, 0.5) is 5.82 Å². The summed E-state index contributed by atoms with van der Waals surface area (Å²) in [5.41, 5.74) is 0.861. The van der Waals surface area contributed by atoms with Gasteiger partial charge in [-0.15, -0.1) is 0 Å². The lowest BCUT2D eigenvalue weighted by molar-refractivity contribution is 0.241. The fourth-order valence-electron chi connectivity index (χ4n) is 3.40. The average molecular weight is 381 g/mol. The zero-order valence-corrected chi connectivity index (χ0v) is 16.7. The van der Waals surface area contributed by atoms with Crippen LogP contribution < -0.4 is 4.90 Å². The predicted molar refractivity (Wildman–Crippen MR) is 107 cm³/mol. The molecule has 1 aliphatic heterocycles. The van der Waals surface area contributed by atoms with Crippen LogP contribution in [0, 0.1) is 5.92 Å². The molecule has 0 aliphatic carbocycles. The zero-order chi connectivity index (χ0) is 19.5. The standard InChI is InChI=1S/C20H27N7O/c1-15(2)12-17-23-20(28-24-17)16-4-5-18(22-13-16)27-10-8-26(9-11-27)14-19-21-6-7-25(19)3/h4-7,13,15H,8-12,14H2,1-3H3. The second-order valence-corrected chi connectivity index (χ2v) is 7.74. The van der Waals surface area contributed by atoms with Gasteiger partial charge in [-0.1, -0.05) is 19.0 Å². The van der Waals surface area contributed by atoms with Gasteiger partial charge >= 0.3 is 0 Å². The number of hydrogen-bond donors (Lipinski definition) is 0. The number of imidazole rings is 1. The summed E-state index contributed by atoms with van der Waals surface area (Å²) in [7, 11) is 2.04. The second-order valence-electron chi connectivity index (χ2n) is 7.74. The minimum absolute atomic E-state index is 0.502. The quantitative estimate of drug-likeness (QED) is 0.649. The SMILES string of the molecule is CC(C)Cc1noc(-c2ccc(N3CCN(Cc4nccn4C)CC3)nc2)n1. The number of anilines is 1. The van der Waals surface area contributed by atoms with E-state index < -0.39 is 0 Å². The van der Waals surface area contributed by atoms with Crippen LogP contribution in [0.3, 0.4) is 0 Å². The molecule has 8 nitrogen and oxygen atoms in total. The number of nitrogens with zero attached hydrogens (tertiary/aromatic N) is 7. The summed E-state index contributed by atoms with van der Waals surface area (Å²) >= 11 is 0. The second kappa shape index (κ2) is 8.10. The van der Waals surface area contributed by atoms with Gasteiger partial charge < -0.3 is 14.0 Å². The Bertz CT molecular complexity index is 891. The van der Waals surface area contributed by atoms with Gasteiger partial charge in [0.1, 0.15) is 11.6 Å². The summed E-state index contributed by atoms with van der Waals surface area (Å²) in [4.78, 5) is 18.3. The monoisotopic (exact) mass is 381 g/mol. The van der Waals surface area contributed by atoms with Crippen molar-refractivity contribution in [3.63, 3.8) is 0 Å².